The fourth-order valence-electron chi connectivity index (χ4n) is 6.68. The number of esters is 1. The summed E-state index contributed by atoms with van der Waals surface area (Å²) in [5.74, 6) is -3.22. The van der Waals surface area contributed by atoms with Crippen molar-refractivity contribution in [1.29, 1.82) is 0 Å². The van der Waals surface area contributed by atoms with Crippen molar-refractivity contribution in [3.05, 3.63) is 45.9 Å². The fraction of sp³-hybridized carbons (Fsp3) is 0.632. The van der Waals surface area contributed by atoms with Crippen LogP contribution in [0.25, 0.3) is 0 Å². The maximum Gasteiger partial charge on any atom is 0.306 e. The van der Waals surface area contributed by atoms with E-state index in [2.05, 4.69) is 15.6 Å². The summed E-state index contributed by atoms with van der Waals surface area (Å²) in [5, 5.41) is 17.6. The van der Waals surface area contributed by atoms with Gasteiger partial charge < -0.3 is 31.1 Å². The maximum absolute atomic E-state index is 14.2. The number of rotatable bonds is 18. The minimum absolute atomic E-state index is 0.0576. The first-order valence-electron chi connectivity index (χ1n) is 18.3. The highest BCUT2D eigenvalue weighted by Crippen LogP contribution is 2.31. The number of carbonyl (C=O) groups excluding carboxylic acids is 4. The summed E-state index contributed by atoms with van der Waals surface area (Å²) in [6.07, 6.45) is 3.40. The predicted octanol–water partition coefficient (Wildman–Crippen LogP) is 4.67. The van der Waals surface area contributed by atoms with E-state index < -0.39 is 48.0 Å². The number of nitrogens with zero attached hydrogens (tertiary/aromatic N) is 3. The van der Waals surface area contributed by atoms with Gasteiger partial charge in [0.2, 0.25) is 11.8 Å². The third-order valence-electron chi connectivity index (χ3n) is 10.1. The third-order valence-corrected chi connectivity index (χ3v) is 11.1. The standard InChI is InChI=1S/C38H58N6O7S/c1-9-23(4)33(42-35(47)30-12-10-11-17-43(30)7)37(48)44(8)31(22(2)3)20-32(51-25(6)45)36-41-29(21-52-36)34(46)40-28(18-24(5)38(49)50)19-26-13-15-27(39)16-14-26/h13-16,21-24,28,30-33H,9-12,17-20,39H2,1-8H3,(H,40,46)(H,42,47)(H,49,50). The number of aromatic nitrogens is 1. The van der Waals surface area contributed by atoms with E-state index in [1.165, 1.54) is 18.3 Å². The number of ether oxygens (including phenoxy) is 1. The quantitative estimate of drug-likeness (QED) is 0.124. The Bertz CT molecular complexity index is 1520. The molecule has 1 aliphatic heterocycles. The Morgan fingerprint density at radius 1 is 1.08 bits per heavy atom. The van der Waals surface area contributed by atoms with Crippen LogP contribution in [-0.2, 0) is 30.3 Å². The molecule has 1 fully saturated rings. The van der Waals surface area contributed by atoms with E-state index in [9.17, 15) is 29.1 Å². The van der Waals surface area contributed by atoms with Crippen LogP contribution in [0.2, 0.25) is 0 Å². The highest BCUT2D eigenvalue weighted by molar-refractivity contribution is 7.09. The monoisotopic (exact) mass is 742 g/mol. The number of hydrogen-bond acceptors (Lipinski definition) is 10. The molecule has 5 N–H and O–H groups in total. The molecule has 3 rings (SSSR count). The van der Waals surface area contributed by atoms with Crippen LogP contribution in [0, 0.1) is 17.8 Å². The van der Waals surface area contributed by atoms with E-state index in [1.54, 1.807) is 36.4 Å². The molecule has 52 heavy (non-hydrogen) atoms. The van der Waals surface area contributed by atoms with E-state index in [0.29, 0.717) is 23.5 Å². The smallest absolute Gasteiger partial charge is 0.306 e. The van der Waals surface area contributed by atoms with Crippen molar-refractivity contribution in [2.24, 2.45) is 17.8 Å². The number of thiazole rings is 1. The number of likely N-dealkylation sites (N-methyl/N-ethyl adjacent to an activating group) is 2. The molecule has 288 valence electrons. The summed E-state index contributed by atoms with van der Waals surface area (Å²) in [6.45, 7) is 11.6. The van der Waals surface area contributed by atoms with Gasteiger partial charge in [0.15, 0.2) is 6.10 Å². The Labute approximate surface area is 312 Å². The van der Waals surface area contributed by atoms with Crippen molar-refractivity contribution in [3.8, 4) is 0 Å². The summed E-state index contributed by atoms with van der Waals surface area (Å²) >= 11 is 1.17. The average Bonchev–Trinajstić information content (AvgIpc) is 3.59. The maximum atomic E-state index is 14.2. The molecule has 14 heteroatoms. The molecule has 3 amide bonds. The molecule has 0 radical (unpaired) electrons. The number of nitrogens with two attached hydrogens (primary N) is 1. The normalized spacial score (nSPS) is 18.4. The predicted molar refractivity (Wildman–Crippen MR) is 202 cm³/mol. The van der Waals surface area contributed by atoms with E-state index in [4.69, 9.17) is 10.5 Å². The van der Waals surface area contributed by atoms with E-state index in [-0.39, 0.29) is 48.2 Å². The lowest BCUT2D eigenvalue weighted by atomic mass is 9.92. The molecule has 1 aromatic heterocycles. The second-order valence-electron chi connectivity index (χ2n) is 14.6. The molecule has 7 unspecified atom stereocenters. The molecular weight excluding hydrogens is 685 g/mol. The molecule has 1 aliphatic rings. The SMILES string of the molecule is CCC(C)C(NC(=O)C1CCCCN1C)C(=O)N(C)C(CC(OC(C)=O)c1nc(C(=O)NC(Cc2ccc(N)cc2)CC(C)C(=O)O)cs1)C(C)C. The van der Waals surface area contributed by atoms with Crippen LogP contribution >= 0.6 is 11.3 Å². The van der Waals surface area contributed by atoms with Gasteiger partial charge >= 0.3 is 11.9 Å². The summed E-state index contributed by atoms with van der Waals surface area (Å²) < 4.78 is 5.76. The number of piperidine rings is 1. The van der Waals surface area contributed by atoms with Gasteiger partial charge in [0.05, 0.1) is 12.0 Å². The molecule has 7 atom stereocenters. The van der Waals surface area contributed by atoms with E-state index in [1.807, 2.05) is 51.8 Å². The van der Waals surface area contributed by atoms with Gasteiger partial charge in [-0.2, -0.15) is 0 Å². The van der Waals surface area contributed by atoms with Crippen LogP contribution in [0.1, 0.15) is 107 Å². The molecule has 2 aromatic rings. The minimum atomic E-state index is -0.963. The first-order chi connectivity index (χ1) is 24.5. The highest BCUT2D eigenvalue weighted by Gasteiger charge is 2.37. The van der Waals surface area contributed by atoms with E-state index >= 15 is 0 Å². The van der Waals surface area contributed by atoms with Gasteiger partial charge in [-0.3, -0.25) is 28.9 Å². The van der Waals surface area contributed by atoms with Gasteiger partial charge in [0.25, 0.3) is 5.91 Å². The Morgan fingerprint density at radius 2 is 1.75 bits per heavy atom. The molecule has 1 aromatic carbocycles. The fourth-order valence-corrected chi connectivity index (χ4v) is 7.52. The van der Waals surface area contributed by atoms with Crippen molar-refractivity contribution in [2.75, 3.05) is 26.4 Å². The lowest BCUT2D eigenvalue weighted by molar-refractivity contribution is -0.149. The molecule has 0 aliphatic carbocycles. The second-order valence-corrected chi connectivity index (χ2v) is 15.5. The van der Waals surface area contributed by atoms with Crippen LogP contribution in [0.3, 0.4) is 0 Å². The number of amides is 3. The molecule has 2 heterocycles. The molecule has 13 nitrogen and oxygen atoms in total. The number of hydrogen-bond donors (Lipinski definition) is 4. The number of likely N-dealkylation sites (tertiary alicyclic amines) is 1. The third kappa shape index (κ3) is 12.0. The number of nitrogens with one attached hydrogen (secondary N) is 2. The van der Waals surface area contributed by atoms with Gasteiger partial charge in [-0.15, -0.1) is 11.3 Å². The Morgan fingerprint density at radius 3 is 2.33 bits per heavy atom. The molecular formula is C38H58N6O7S. The number of benzene rings is 1. The number of nitrogen functional groups attached to an aromatic ring is 1. The molecule has 0 bridgehead atoms. The topological polar surface area (TPSA) is 184 Å². The Balaban J connectivity index is 1.81. The first kappa shape index (κ1) is 42.4. The van der Waals surface area contributed by atoms with Crippen LogP contribution in [0.4, 0.5) is 5.69 Å². The largest absolute Gasteiger partial charge is 0.481 e. The van der Waals surface area contributed by atoms with Gasteiger partial charge in [-0.05, 0) is 68.8 Å². The zero-order valence-electron chi connectivity index (χ0n) is 31.9. The number of carbonyl (C=O) groups is 5. The second kappa shape index (κ2) is 19.7. The van der Waals surface area contributed by atoms with Crippen molar-refractivity contribution in [2.45, 2.75) is 117 Å². The average molecular weight is 743 g/mol. The van der Waals surface area contributed by atoms with Crippen LogP contribution in [0.5, 0.6) is 0 Å². The summed E-state index contributed by atoms with van der Waals surface area (Å²) in [5.41, 5.74) is 7.42. The Kier molecular flexibility index (Phi) is 16.1. The van der Waals surface area contributed by atoms with Gasteiger partial charge in [-0.1, -0.05) is 59.6 Å². The number of carboxylic acids is 1. The van der Waals surface area contributed by atoms with Gasteiger partial charge in [0.1, 0.15) is 16.7 Å². The minimum Gasteiger partial charge on any atom is -0.481 e. The van der Waals surface area contributed by atoms with Crippen LogP contribution in [-0.4, -0.2) is 94.4 Å². The first-order valence-corrected chi connectivity index (χ1v) is 19.2. The lowest BCUT2D eigenvalue weighted by Gasteiger charge is -2.38. The van der Waals surface area contributed by atoms with Crippen LogP contribution in [0.15, 0.2) is 29.6 Å². The zero-order valence-corrected chi connectivity index (χ0v) is 32.7. The van der Waals surface area contributed by atoms with Gasteiger partial charge in [0, 0.05) is 43.5 Å². The molecule has 0 saturated carbocycles. The van der Waals surface area contributed by atoms with Crippen molar-refractivity contribution < 1.29 is 33.8 Å². The number of anilines is 1. The summed E-state index contributed by atoms with van der Waals surface area (Å²) in [6, 6.07) is 5.27. The summed E-state index contributed by atoms with van der Waals surface area (Å²) in [4.78, 5) is 73.3. The van der Waals surface area contributed by atoms with Crippen molar-refractivity contribution in [1.82, 2.24) is 25.4 Å². The Hall–Kier alpha value is -4.04. The van der Waals surface area contributed by atoms with Gasteiger partial charge in [-0.25, -0.2) is 4.98 Å². The van der Waals surface area contributed by atoms with Crippen molar-refractivity contribution in [3.63, 3.8) is 0 Å². The van der Waals surface area contributed by atoms with E-state index in [0.717, 1.165) is 31.4 Å². The highest BCUT2D eigenvalue weighted by atomic mass is 32.1. The summed E-state index contributed by atoms with van der Waals surface area (Å²) in [7, 11) is 3.65. The van der Waals surface area contributed by atoms with Crippen LogP contribution < -0.4 is 16.4 Å². The number of carboxylic acid groups (broad SMARTS) is 1. The molecule has 1 saturated heterocycles. The van der Waals surface area contributed by atoms with Crippen molar-refractivity contribution >= 4 is 46.7 Å². The molecule has 0 spiro atoms. The number of aliphatic carboxylic acids is 1. The lowest BCUT2D eigenvalue weighted by Crippen LogP contribution is -2.58. The zero-order chi connectivity index (χ0) is 38.7.